The molecule has 2 aromatic carbocycles. The van der Waals surface area contributed by atoms with E-state index in [4.69, 9.17) is 23.2 Å². The Bertz CT molecular complexity index is 1300. The summed E-state index contributed by atoms with van der Waals surface area (Å²) in [7, 11) is 0. The Labute approximate surface area is 199 Å². The average molecular weight is 487 g/mol. The molecule has 2 aromatic heterocycles. The fourth-order valence-corrected chi connectivity index (χ4v) is 4.77. The van der Waals surface area contributed by atoms with Crippen molar-refractivity contribution < 1.29 is 9.59 Å². The van der Waals surface area contributed by atoms with Gasteiger partial charge in [-0.15, -0.1) is 0 Å². The summed E-state index contributed by atoms with van der Waals surface area (Å²) in [5, 5.41) is 3.85. The molecular weight excluding hydrogens is 467 g/mol. The van der Waals surface area contributed by atoms with Gasteiger partial charge in [0.2, 0.25) is 5.91 Å². The number of fused-ring (bicyclic) bond motifs is 1. The maximum atomic E-state index is 13.5. The van der Waals surface area contributed by atoms with Crippen molar-refractivity contribution >= 4 is 67.4 Å². The number of nitrogens with one attached hydrogen (secondary N) is 2. The Morgan fingerprint density at radius 3 is 2.53 bits per heavy atom. The quantitative estimate of drug-likeness (QED) is 0.346. The number of aryl methyl sites for hydroxylation is 1. The van der Waals surface area contributed by atoms with Crippen molar-refractivity contribution in [2.75, 3.05) is 16.8 Å². The standard InChI is InChI=1S/C23H20Cl2N4O2S/c1-13-19(24)20(25)21(26-13)22(31)29(11-10-15-6-4-3-5-7-15)23-28-17-9-8-16(27-14(2)30)12-18(17)32-23/h3-9,12,26H,10-11H2,1-2H3,(H,27,30). The van der Waals surface area contributed by atoms with Crippen molar-refractivity contribution in [3.05, 3.63) is 75.5 Å². The molecule has 0 bridgehead atoms. The molecule has 2 amide bonds. The Kier molecular flexibility index (Phi) is 6.50. The number of halogens is 2. The minimum absolute atomic E-state index is 0.151. The number of amides is 2. The van der Waals surface area contributed by atoms with Crippen LogP contribution in [0.15, 0.2) is 48.5 Å². The van der Waals surface area contributed by atoms with Crippen LogP contribution in [-0.4, -0.2) is 28.3 Å². The molecule has 0 aliphatic rings. The lowest BCUT2D eigenvalue weighted by Crippen LogP contribution is -2.33. The lowest BCUT2D eigenvalue weighted by atomic mass is 10.1. The number of nitrogens with zero attached hydrogens (tertiary/aromatic N) is 2. The number of thiazole rings is 1. The van der Waals surface area contributed by atoms with E-state index in [1.54, 1.807) is 17.9 Å². The van der Waals surface area contributed by atoms with Crippen LogP contribution in [0.2, 0.25) is 10.0 Å². The van der Waals surface area contributed by atoms with E-state index in [1.807, 2.05) is 42.5 Å². The molecule has 4 aromatic rings. The van der Waals surface area contributed by atoms with Gasteiger partial charge in [-0.1, -0.05) is 64.9 Å². The number of hydrogen-bond acceptors (Lipinski definition) is 4. The van der Waals surface area contributed by atoms with E-state index >= 15 is 0 Å². The minimum Gasteiger partial charge on any atom is -0.352 e. The lowest BCUT2D eigenvalue weighted by molar-refractivity contribution is -0.114. The Balaban J connectivity index is 1.71. The molecule has 32 heavy (non-hydrogen) atoms. The molecule has 0 atom stereocenters. The molecule has 4 rings (SSSR count). The average Bonchev–Trinajstić information content (AvgIpc) is 3.30. The normalized spacial score (nSPS) is 11.0. The molecule has 0 aliphatic heterocycles. The molecule has 0 aliphatic carbocycles. The second kappa shape index (κ2) is 9.32. The topological polar surface area (TPSA) is 78.1 Å². The number of rotatable bonds is 6. The summed E-state index contributed by atoms with van der Waals surface area (Å²) in [6.45, 7) is 3.63. The molecule has 2 N–H and O–H groups in total. The second-order valence-corrected chi connectivity index (χ2v) is 9.07. The van der Waals surface area contributed by atoms with Crippen LogP contribution in [0.1, 0.15) is 28.7 Å². The van der Waals surface area contributed by atoms with E-state index in [-0.39, 0.29) is 22.5 Å². The van der Waals surface area contributed by atoms with Crippen LogP contribution < -0.4 is 10.2 Å². The van der Waals surface area contributed by atoms with Gasteiger partial charge in [0.05, 0.1) is 20.3 Å². The summed E-state index contributed by atoms with van der Waals surface area (Å²) in [6, 6.07) is 15.4. The van der Waals surface area contributed by atoms with E-state index in [0.717, 1.165) is 15.8 Å². The smallest absolute Gasteiger partial charge is 0.278 e. The number of aromatic amines is 1. The molecule has 9 heteroatoms. The molecule has 6 nitrogen and oxygen atoms in total. The highest BCUT2D eigenvalue weighted by molar-refractivity contribution is 7.22. The molecule has 164 valence electrons. The molecule has 0 saturated heterocycles. The first-order valence-electron chi connectivity index (χ1n) is 9.91. The van der Waals surface area contributed by atoms with E-state index < -0.39 is 0 Å². The van der Waals surface area contributed by atoms with Crippen LogP contribution >= 0.6 is 34.5 Å². The van der Waals surface area contributed by atoms with Gasteiger partial charge in [0.15, 0.2) is 5.13 Å². The summed E-state index contributed by atoms with van der Waals surface area (Å²) in [4.78, 5) is 34.2. The summed E-state index contributed by atoms with van der Waals surface area (Å²) in [6.07, 6.45) is 0.644. The number of benzene rings is 2. The Morgan fingerprint density at radius 1 is 1.12 bits per heavy atom. The number of carbonyl (C=O) groups is 2. The van der Waals surface area contributed by atoms with Gasteiger partial charge in [-0.05, 0) is 37.1 Å². The Hall–Kier alpha value is -2.87. The van der Waals surface area contributed by atoms with Gasteiger partial charge < -0.3 is 10.3 Å². The van der Waals surface area contributed by atoms with E-state index in [2.05, 4.69) is 15.3 Å². The second-order valence-electron chi connectivity index (χ2n) is 7.31. The zero-order valence-electron chi connectivity index (χ0n) is 17.4. The molecular formula is C23H20Cl2N4O2S. The SMILES string of the molecule is CC(=O)Nc1ccc2nc(N(CCc3ccccc3)C(=O)c3[nH]c(C)c(Cl)c3Cl)sc2c1. The van der Waals surface area contributed by atoms with Crippen molar-refractivity contribution in [2.45, 2.75) is 20.3 Å². The van der Waals surface area contributed by atoms with Gasteiger partial charge in [-0.25, -0.2) is 4.98 Å². The van der Waals surface area contributed by atoms with Crippen molar-refractivity contribution in [1.82, 2.24) is 9.97 Å². The number of H-pyrrole nitrogens is 1. The predicted octanol–water partition coefficient (Wildman–Crippen LogP) is 6.09. The van der Waals surface area contributed by atoms with Crippen LogP contribution in [0.3, 0.4) is 0 Å². The summed E-state index contributed by atoms with van der Waals surface area (Å²) >= 11 is 13.9. The van der Waals surface area contributed by atoms with Gasteiger partial charge >= 0.3 is 0 Å². The highest BCUT2D eigenvalue weighted by atomic mass is 35.5. The third kappa shape index (κ3) is 4.65. The molecule has 0 saturated carbocycles. The summed E-state index contributed by atoms with van der Waals surface area (Å²) in [5.74, 6) is -0.454. The van der Waals surface area contributed by atoms with Gasteiger partial charge in [0.1, 0.15) is 5.69 Å². The molecule has 0 radical (unpaired) electrons. The van der Waals surface area contributed by atoms with Crippen molar-refractivity contribution in [2.24, 2.45) is 0 Å². The minimum atomic E-state index is -0.304. The molecule has 0 unspecified atom stereocenters. The van der Waals surface area contributed by atoms with Crippen LogP contribution in [0.5, 0.6) is 0 Å². The van der Waals surface area contributed by atoms with E-state index in [9.17, 15) is 9.59 Å². The van der Waals surface area contributed by atoms with Gasteiger partial charge in [0.25, 0.3) is 5.91 Å². The largest absolute Gasteiger partial charge is 0.352 e. The van der Waals surface area contributed by atoms with Crippen LogP contribution in [0.4, 0.5) is 10.8 Å². The first-order chi connectivity index (χ1) is 15.3. The monoisotopic (exact) mass is 486 g/mol. The summed E-state index contributed by atoms with van der Waals surface area (Å²) in [5.41, 5.74) is 3.39. The third-order valence-corrected chi connectivity index (χ3v) is 6.90. The van der Waals surface area contributed by atoms with Crippen molar-refractivity contribution in [3.8, 4) is 0 Å². The van der Waals surface area contributed by atoms with Gasteiger partial charge in [-0.2, -0.15) is 0 Å². The number of aromatic nitrogens is 2. The fourth-order valence-electron chi connectivity index (χ4n) is 3.33. The van der Waals surface area contributed by atoms with E-state index in [1.165, 1.54) is 18.3 Å². The van der Waals surface area contributed by atoms with Crippen LogP contribution in [0.25, 0.3) is 10.2 Å². The highest BCUT2D eigenvalue weighted by Crippen LogP contribution is 2.34. The fraction of sp³-hybridized carbons (Fsp3) is 0.174. The Morgan fingerprint density at radius 2 is 1.88 bits per heavy atom. The first-order valence-corrected chi connectivity index (χ1v) is 11.5. The van der Waals surface area contributed by atoms with E-state index in [0.29, 0.717) is 34.5 Å². The highest BCUT2D eigenvalue weighted by Gasteiger charge is 2.26. The maximum absolute atomic E-state index is 13.5. The van der Waals surface area contributed by atoms with Crippen LogP contribution in [0, 0.1) is 6.92 Å². The molecule has 0 fully saturated rings. The zero-order valence-corrected chi connectivity index (χ0v) is 19.7. The number of carbonyl (C=O) groups excluding carboxylic acids is 2. The van der Waals surface area contributed by atoms with Crippen molar-refractivity contribution in [1.29, 1.82) is 0 Å². The molecule has 2 heterocycles. The number of anilines is 2. The lowest BCUT2D eigenvalue weighted by Gasteiger charge is -2.19. The maximum Gasteiger partial charge on any atom is 0.278 e. The van der Waals surface area contributed by atoms with Crippen molar-refractivity contribution in [3.63, 3.8) is 0 Å². The van der Waals surface area contributed by atoms with Gasteiger partial charge in [-0.3, -0.25) is 14.5 Å². The van der Waals surface area contributed by atoms with Crippen LogP contribution in [-0.2, 0) is 11.2 Å². The van der Waals surface area contributed by atoms with Gasteiger partial charge in [0, 0.05) is 24.8 Å². The zero-order chi connectivity index (χ0) is 22.8. The number of hydrogen-bond donors (Lipinski definition) is 2. The molecule has 0 spiro atoms. The first kappa shape index (κ1) is 22.3. The third-order valence-electron chi connectivity index (χ3n) is 4.91. The predicted molar refractivity (Wildman–Crippen MR) is 131 cm³/mol. The summed E-state index contributed by atoms with van der Waals surface area (Å²) < 4.78 is 0.857.